The van der Waals surface area contributed by atoms with Gasteiger partial charge in [0.15, 0.2) is 0 Å². The smallest absolute Gasteiger partial charge is 0.254 e. The van der Waals surface area contributed by atoms with Gasteiger partial charge in [-0.2, -0.15) is 0 Å². The van der Waals surface area contributed by atoms with E-state index in [4.69, 9.17) is 11.3 Å². The fourth-order valence-electron chi connectivity index (χ4n) is 7.03. The molecule has 3 aromatic rings. The van der Waals surface area contributed by atoms with Gasteiger partial charge in [-0.1, -0.05) is 12.5 Å². The fraction of sp³-hybridized carbons (Fsp3) is 0.515. The summed E-state index contributed by atoms with van der Waals surface area (Å²) in [4.78, 5) is 34.1. The first-order valence-electron chi connectivity index (χ1n) is 15.4. The summed E-state index contributed by atoms with van der Waals surface area (Å²) in [5.74, 6) is 1.37. The number of aromatic nitrogens is 3. The van der Waals surface area contributed by atoms with Crippen LogP contribution in [-0.2, 0) is 18.5 Å². The maximum atomic E-state index is 14.5. The van der Waals surface area contributed by atoms with E-state index in [0.29, 0.717) is 31.1 Å². The zero-order valence-electron chi connectivity index (χ0n) is 25.8. The second-order valence-electron chi connectivity index (χ2n) is 12.3. The second kappa shape index (κ2) is 12.0. The van der Waals surface area contributed by atoms with E-state index in [1.54, 1.807) is 12.4 Å². The van der Waals surface area contributed by atoms with Crippen LogP contribution in [0.2, 0.25) is 0 Å². The number of ether oxygens (including phenoxy) is 1. The van der Waals surface area contributed by atoms with Gasteiger partial charge in [-0.15, -0.1) is 0 Å². The number of carbonyl (C=O) groups is 1. The van der Waals surface area contributed by atoms with Crippen LogP contribution in [0, 0.1) is 6.57 Å². The molecule has 10 nitrogen and oxygen atoms in total. The average molecular weight is 583 g/mol. The topological polar surface area (TPSA) is 83.1 Å². The van der Waals surface area contributed by atoms with Crippen LogP contribution < -0.4 is 10.1 Å². The lowest BCUT2D eigenvalue weighted by atomic mass is 9.60. The third-order valence-corrected chi connectivity index (χ3v) is 9.55. The molecule has 2 fully saturated rings. The Labute approximate surface area is 254 Å². The van der Waals surface area contributed by atoms with Crippen LogP contribution in [-0.4, -0.2) is 88.6 Å². The van der Waals surface area contributed by atoms with Crippen LogP contribution in [0.1, 0.15) is 71.9 Å². The Balaban J connectivity index is 1.41. The molecule has 1 atom stereocenters. The highest BCUT2D eigenvalue weighted by atomic mass is 16.5. The maximum absolute atomic E-state index is 14.5. The average Bonchev–Trinajstić information content (AvgIpc) is 3.45. The number of nitrogens with zero attached hydrogens (tertiary/aromatic N) is 7. The standard InChI is InChI=1S/C33H42N8O2/c1-6-43-29-18-27(37-19-28(29)34-3)23(2)41-22-33(8-7-9-33)30-25(21-39-14-12-38(5)13-15-39)16-24(17-26(30)31(41)42)20-40-11-10-36-32(40)35-4/h10-11,16-19,23H,6-9,12-15,20-22H2,1-2,4-5H3,(H,35,36)/t23-/m0/s1. The normalized spacial score (nSPS) is 19.0. The molecule has 2 aromatic heterocycles. The van der Waals surface area contributed by atoms with Gasteiger partial charge >= 0.3 is 0 Å². The van der Waals surface area contributed by atoms with Crippen molar-refractivity contribution in [3.05, 3.63) is 76.2 Å². The summed E-state index contributed by atoms with van der Waals surface area (Å²) >= 11 is 0. The van der Waals surface area contributed by atoms with E-state index >= 15 is 0 Å². The van der Waals surface area contributed by atoms with Crippen LogP contribution >= 0.6 is 0 Å². The van der Waals surface area contributed by atoms with E-state index < -0.39 is 0 Å². The van der Waals surface area contributed by atoms with Crippen molar-refractivity contribution in [2.45, 2.75) is 57.7 Å². The number of imidazole rings is 1. The summed E-state index contributed by atoms with van der Waals surface area (Å²) in [5.41, 5.74) is 5.57. The Morgan fingerprint density at radius 1 is 1.14 bits per heavy atom. The summed E-state index contributed by atoms with van der Waals surface area (Å²) in [6.07, 6.45) is 8.66. The summed E-state index contributed by atoms with van der Waals surface area (Å²) in [5, 5.41) is 3.17. The Morgan fingerprint density at radius 2 is 1.93 bits per heavy atom. The van der Waals surface area contributed by atoms with Crippen molar-refractivity contribution in [2.24, 2.45) is 0 Å². The van der Waals surface area contributed by atoms with Crippen molar-refractivity contribution in [3.8, 4) is 5.75 Å². The largest absolute Gasteiger partial charge is 0.505 e. The summed E-state index contributed by atoms with van der Waals surface area (Å²) < 4.78 is 7.85. The number of nitrogens with one attached hydrogen (secondary N) is 1. The quantitative estimate of drug-likeness (QED) is 0.366. The number of hydrogen-bond donors (Lipinski definition) is 1. The molecule has 3 aliphatic rings. The van der Waals surface area contributed by atoms with Crippen molar-refractivity contribution < 1.29 is 9.53 Å². The number of rotatable bonds is 9. The van der Waals surface area contributed by atoms with E-state index in [1.165, 1.54) is 17.5 Å². The number of amides is 1. The van der Waals surface area contributed by atoms with Crippen molar-refractivity contribution in [1.82, 2.24) is 29.2 Å². The maximum Gasteiger partial charge on any atom is 0.254 e. The molecule has 2 aliphatic heterocycles. The zero-order valence-corrected chi connectivity index (χ0v) is 25.8. The second-order valence-corrected chi connectivity index (χ2v) is 12.3. The molecule has 0 bridgehead atoms. The SMILES string of the molecule is [C-]#[N+]c1cnc([C@H](C)N2CC3(CCC3)c3c(CN4CCN(C)CC4)cc(Cn4ccnc4NC)cc3C2=O)cc1OCC. The first-order chi connectivity index (χ1) is 20.9. The van der Waals surface area contributed by atoms with E-state index in [0.717, 1.165) is 68.3 Å². The van der Waals surface area contributed by atoms with Crippen molar-refractivity contribution >= 4 is 17.5 Å². The number of hydrogen-bond acceptors (Lipinski definition) is 7. The Hall–Kier alpha value is -3.94. The van der Waals surface area contributed by atoms with Crippen LogP contribution in [0.25, 0.3) is 4.85 Å². The number of carbonyl (C=O) groups excluding carboxylic acids is 1. The zero-order chi connectivity index (χ0) is 30.1. The van der Waals surface area contributed by atoms with Crippen LogP contribution in [0.3, 0.4) is 0 Å². The molecule has 1 saturated carbocycles. The summed E-state index contributed by atoms with van der Waals surface area (Å²) in [7, 11) is 4.06. The summed E-state index contributed by atoms with van der Waals surface area (Å²) in [6.45, 7) is 18.2. The van der Waals surface area contributed by atoms with Crippen molar-refractivity contribution in [3.63, 3.8) is 0 Å². The number of likely N-dealkylation sites (N-methyl/N-ethyl adjacent to an activating group) is 1. The molecule has 1 saturated heterocycles. The van der Waals surface area contributed by atoms with E-state index in [-0.39, 0.29) is 17.4 Å². The van der Waals surface area contributed by atoms with Gasteiger partial charge in [0, 0.05) is 75.9 Å². The molecular weight excluding hydrogens is 540 g/mol. The van der Waals surface area contributed by atoms with Gasteiger partial charge in [0.25, 0.3) is 5.91 Å². The minimum absolute atomic E-state index is 0.0509. The highest BCUT2D eigenvalue weighted by molar-refractivity contribution is 5.98. The molecule has 0 radical (unpaired) electrons. The number of piperazine rings is 1. The van der Waals surface area contributed by atoms with Crippen molar-refractivity contribution in [2.75, 3.05) is 58.7 Å². The molecule has 1 aromatic carbocycles. The molecule has 226 valence electrons. The van der Waals surface area contributed by atoms with Crippen LogP contribution in [0.4, 0.5) is 11.6 Å². The molecular formula is C33H42N8O2. The molecule has 43 heavy (non-hydrogen) atoms. The van der Waals surface area contributed by atoms with Gasteiger partial charge < -0.3 is 24.4 Å². The third kappa shape index (κ3) is 5.48. The Morgan fingerprint density at radius 3 is 2.60 bits per heavy atom. The molecule has 1 aliphatic carbocycles. The van der Waals surface area contributed by atoms with Gasteiger partial charge in [0.05, 0.1) is 31.5 Å². The fourth-order valence-corrected chi connectivity index (χ4v) is 7.03. The Bertz CT molecular complexity index is 1530. The minimum atomic E-state index is -0.258. The number of anilines is 1. The first-order valence-corrected chi connectivity index (χ1v) is 15.4. The van der Waals surface area contributed by atoms with E-state index in [9.17, 15) is 4.79 Å². The number of pyridine rings is 1. The number of benzene rings is 1. The lowest BCUT2D eigenvalue weighted by Crippen LogP contribution is -2.54. The van der Waals surface area contributed by atoms with Gasteiger partial charge in [-0.3, -0.25) is 14.7 Å². The molecule has 1 N–H and O–H groups in total. The van der Waals surface area contributed by atoms with E-state index in [2.05, 4.69) is 53.7 Å². The van der Waals surface area contributed by atoms with Crippen LogP contribution in [0.15, 0.2) is 36.8 Å². The molecule has 0 unspecified atom stereocenters. The molecule has 6 rings (SSSR count). The molecule has 1 spiro atoms. The van der Waals surface area contributed by atoms with Crippen LogP contribution in [0.5, 0.6) is 5.75 Å². The van der Waals surface area contributed by atoms with Gasteiger partial charge in [0.1, 0.15) is 5.75 Å². The van der Waals surface area contributed by atoms with Crippen molar-refractivity contribution in [1.29, 1.82) is 0 Å². The lowest BCUT2D eigenvalue weighted by molar-refractivity contribution is 0.0480. The van der Waals surface area contributed by atoms with Gasteiger partial charge in [0.2, 0.25) is 11.6 Å². The van der Waals surface area contributed by atoms with E-state index in [1.807, 2.05) is 38.1 Å². The number of fused-ring (bicyclic) bond motifs is 2. The first kappa shape index (κ1) is 29.1. The molecule has 1 amide bonds. The third-order valence-electron chi connectivity index (χ3n) is 9.55. The highest BCUT2D eigenvalue weighted by Crippen LogP contribution is 2.51. The molecule has 4 heterocycles. The monoisotopic (exact) mass is 582 g/mol. The highest BCUT2D eigenvalue weighted by Gasteiger charge is 2.49. The Kier molecular flexibility index (Phi) is 8.12. The molecule has 10 heteroatoms. The minimum Gasteiger partial charge on any atom is -0.505 e. The predicted molar refractivity (Wildman–Crippen MR) is 167 cm³/mol. The predicted octanol–water partition coefficient (Wildman–Crippen LogP) is 4.70. The summed E-state index contributed by atoms with van der Waals surface area (Å²) in [6, 6.07) is 6.06. The van der Waals surface area contributed by atoms with Gasteiger partial charge in [-0.25, -0.2) is 9.83 Å². The lowest BCUT2D eigenvalue weighted by Gasteiger charge is -2.52. The van der Waals surface area contributed by atoms with Gasteiger partial charge in [-0.05, 0) is 62.6 Å².